The van der Waals surface area contributed by atoms with E-state index < -0.39 is 12.1 Å². The van der Waals surface area contributed by atoms with Crippen LogP contribution < -0.4 is 0 Å². The van der Waals surface area contributed by atoms with Crippen LogP contribution in [0.15, 0.2) is 67.3 Å². The van der Waals surface area contributed by atoms with Crippen LogP contribution in [0.25, 0.3) is 11.6 Å². The molecule has 0 N–H and O–H groups in total. The molecule has 1 unspecified atom stereocenters. The third kappa shape index (κ3) is 5.77. The zero-order valence-electron chi connectivity index (χ0n) is 14.1. The van der Waals surface area contributed by atoms with Crippen molar-refractivity contribution in [3.63, 3.8) is 0 Å². The van der Waals surface area contributed by atoms with E-state index in [1.807, 2.05) is 18.2 Å². The first-order valence-corrected chi connectivity index (χ1v) is 8.97. The molecule has 5 heteroatoms. The van der Waals surface area contributed by atoms with Crippen LogP contribution in [-0.2, 0) is 9.53 Å². The van der Waals surface area contributed by atoms with Crippen LogP contribution in [0.5, 0.6) is 0 Å². The monoisotopic (exact) mass is 406 g/mol. The van der Waals surface area contributed by atoms with Crippen molar-refractivity contribution in [1.82, 2.24) is 0 Å². The maximum Gasteiger partial charge on any atom is 0.339 e. The third-order valence-corrected chi connectivity index (χ3v) is 4.25. The van der Waals surface area contributed by atoms with Gasteiger partial charge in [0, 0.05) is 15.6 Å². The highest BCUT2D eigenvalue weighted by Crippen LogP contribution is 2.28. The molecule has 0 aromatic heterocycles. The van der Waals surface area contributed by atoms with Gasteiger partial charge in [-0.05, 0) is 48.9 Å². The number of esters is 1. The average Bonchev–Trinajstić information content (AvgIpc) is 2.60. The number of benzene rings is 2. The molecule has 0 radical (unpaired) electrons. The minimum atomic E-state index is -0.498. The Morgan fingerprint density at radius 3 is 2.35 bits per heavy atom. The molecule has 0 aliphatic carbocycles. The lowest BCUT2D eigenvalue weighted by molar-refractivity contribution is -0.138. The van der Waals surface area contributed by atoms with E-state index in [2.05, 4.69) is 6.58 Å². The van der Waals surface area contributed by atoms with Gasteiger partial charge in [0.1, 0.15) is 6.10 Å². The third-order valence-electron chi connectivity index (χ3n) is 3.45. The second-order valence-electron chi connectivity index (χ2n) is 5.46. The number of rotatable bonds is 6. The fourth-order valence-corrected chi connectivity index (χ4v) is 2.82. The molecule has 1 atom stereocenters. The second kappa shape index (κ2) is 9.63. The maximum absolute atomic E-state index is 12.6. The number of halogens is 3. The SMILES string of the molecule is C=CC=C(C(=O)OC(C)C=Cc1ccc(Cl)cc1)c1ccc(Cl)cc1Cl. The molecule has 2 rings (SSSR count). The Bertz CT molecular complexity index is 852. The Kier molecular flexibility index (Phi) is 7.52. The molecule has 0 saturated carbocycles. The van der Waals surface area contributed by atoms with Crippen molar-refractivity contribution in [2.24, 2.45) is 0 Å². The van der Waals surface area contributed by atoms with Gasteiger partial charge in [0.2, 0.25) is 0 Å². The second-order valence-corrected chi connectivity index (χ2v) is 6.74. The van der Waals surface area contributed by atoms with Crippen molar-refractivity contribution in [3.8, 4) is 0 Å². The molecule has 0 fully saturated rings. The first kappa shape index (κ1) is 20.3. The first-order valence-electron chi connectivity index (χ1n) is 7.83. The van der Waals surface area contributed by atoms with Crippen LogP contribution in [0.1, 0.15) is 18.1 Å². The molecule has 2 aromatic rings. The summed E-state index contributed by atoms with van der Waals surface area (Å²) in [5.41, 5.74) is 1.81. The van der Waals surface area contributed by atoms with Crippen LogP contribution >= 0.6 is 34.8 Å². The molecule has 0 saturated heterocycles. The van der Waals surface area contributed by atoms with E-state index in [4.69, 9.17) is 39.5 Å². The standard InChI is InChI=1S/C21H17Cl3O2/c1-3-4-19(18-12-11-17(23)13-20(18)24)21(25)26-14(2)5-6-15-7-9-16(22)10-8-15/h3-14H,1H2,2H3. The highest BCUT2D eigenvalue weighted by Gasteiger charge is 2.17. The molecule has 0 heterocycles. The molecule has 0 aliphatic heterocycles. The van der Waals surface area contributed by atoms with Crippen LogP contribution in [0, 0.1) is 0 Å². The van der Waals surface area contributed by atoms with Crippen LogP contribution in [0.4, 0.5) is 0 Å². The Balaban J connectivity index is 2.13. The smallest absolute Gasteiger partial charge is 0.339 e. The zero-order valence-corrected chi connectivity index (χ0v) is 16.4. The predicted octanol–water partition coefficient (Wildman–Crippen LogP) is 6.86. The molecule has 2 aromatic carbocycles. The number of carbonyl (C=O) groups is 1. The first-order chi connectivity index (χ1) is 12.4. The summed E-state index contributed by atoms with van der Waals surface area (Å²) in [6, 6.07) is 12.3. The van der Waals surface area contributed by atoms with E-state index in [-0.39, 0.29) is 0 Å². The summed E-state index contributed by atoms with van der Waals surface area (Å²) in [7, 11) is 0. The quantitative estimate of drug-likeness (QED) is 0.297. The number of carbonyl (C=O) groups excluding carboxylic acids is 1. The van der Waals surface area contributed by atoms with Gasteiger partial charge < -0.3 is 4.74 Å². The number of ether oxygens (including phenoxy) is 1. The average molecular weight is 408 g/mol. The molecular weight excluding hydrogens is 391 g/mol. The molecule has 0 amide bonds. The van der Waals surface area contributed by atoms with Crippen LogP contribution in [0.3, 0.4) is 0 Å². The molecule has 0 aliphatic rings. The van der Waals surface area contributed by atoms with Crippen LogP contribution in [0.2, 0.25) is 15.1 Å². The fraction of sp³-hybridized carbons (Fsp3) is 0.0952. The summed E-state index contributed by atoms with van der Waals surface area (Å²) >= 11 is 18.0. The van der Waals surface area contributed by atoms with E-state index in [9.17, 15) is 4.79 Å². The summed E-state index contributed by atoms with van der Waals surface area (Å²) < 4.78 is 5.49. The minimum absolute atomic E-state index is 0.313. The molecule has 2 nitrogen and oxygen atoms in total. The lowest BCUT2D eigenvalue weighted by Crippen LogP contribution is -2.14. The van der Waals surface area contributed by atoms with E-state index in [1.165, 1.54) is 6.08 Å². The Morgan fingerprint density at radius 1 is 1.08 bits per heavy atom. The van der Waals surface area contributed by atoms with Crippen molar-refractivity contribution in [3.05, 3.63) is 93.5 Å². The van der Waals surface area contributed by atoms with Gasteiger partial charge in [0.25, 0.3) is 0 Å². The number of hydrogen-bond donors (Lipinski definition) is 0. The topological polar surface area (TPSA) is 26.3 Å². The van der Waals surface area contributed by atoms with Crippen LogP contribution in [-0.4, -0.2) is 12.1 Å². The van der Waals surface area contributed by atoms with Gasteiger partial charge in [0.15, 0.2) is 0 Å². The molecular formula is C21H17Cl3O2. The minimum Gasteiger partial charge on any atom is -0.455 e. The zero-order chi connectivity index (χ0) is 19.1. The summed E-state index contributed by atoms with van der Waals surface area (Å²) in [5, 5.41) is 1.52. The summed E-state index contributed by atoms with van der Waals surface area (Å²) in [4.78, 5) is 12.6. The highest BCUT2D eigenvalue weighted by molar-refractivity contribution is 6.37. The van der Waals surface area contributed by atoms with Gasteiger partial charge in [-0.15, -0.1) is 0 Å². The Labute approximate surface area is 168 Å². The number of hydrogen-bond acceptors (Lipinski definition) is 2. The van der Waals surface area contributed by atoms with Crippen molar-refractivity contribution < 1.29 is 9.53 Å². The lowest BCUT2D eigenvalue weighted by atomic mass is 10.1. The molecule has 0 bridgehead atoms. The van der Waals surface area contributed by atoms with Gasteiger partial charge in [-0.2, -0.15) is 0 Å². The van der Waals surface area contributed by atoms with E-state index in [1.54, 1.807) is 49.4 Å². The van der Waals surface area contributed by atoms with Crippen molar-refractivity contribution >= 4 is 52.4 Å². The molecule has 134 valence electrons. The van der Waals surface area contributed by atoms with Gasteiger partial charge in [-0.1, -0.05) is 71.7 Å². The summed E-state index contributed by atoms with van der Waals surface area (Å²) in [5.74, 6) is -0.498. The Hall–Kier alpha value is -2.00. The maximum atomic E-state index is 12.6. The van der Waals surface area contributed by atoms with E-state index >= 15 is 0 Å². The van der Waals surface area contributed by atoms with Gasteiger partial charge >= 0.3 is 5.97 Å². The lowest BCUT2D eigenvalue weighted by Gasteiger charge is -2.13. The van der Waals surface area contributed by atoms with Gasteiger partial charge in [-0.3, -0.25) is 0 Å². The van der Waals surface area contributed by atoms with Crippen molar-refractivity contribution in [2.45, 2.75) is 13.0 Å². The summed E-state index contributed by atoms with van der Waals surface area (Å²) in [6.45, 7) is 5.42. The molecule has 26 heavy (non-hydrogen) atoms. The van der Waals surface area contributed by atoms with E-state index in [0.29, 0.717) is 26.2 Å². The van der Waals surface area contributed by atoms with E-state index in [0.717, 1.165) is 5.56 Å². The predicted molar refractivity (Wildman–Crippen MR) is 111 cm³/mol. The number of allylic oxidation sites excluding steroid dienone is 2. The Morgan fingerprint density at radius 2 is 1.73 bits per heavy atom. The normalized spacial score (nSPS) is 12.8. The fourth-order valence-electron chi connectivity index (χ4n) is 2.19. The molecule has 0 spiro atoms. The highest BCUT2D eigenvalue weighted by atomic mass is 35.5. The van der Waals surface area contributed by atoms with Crippen molar-refractivity contribution in [2.75, 3.05) is 0 Å². The largest absolute Gasteiger partial charge is 0.455 e. The van der Waals surface area contributed by atoms with Gasteiger partial charge in [0.05, 0.1) is 10.6 Å². The summed E-state index contributed by atoms with van der Waals surface area (Å²) in [6.07, 6.45) is 6.29. The van der Waals surface area contributed by atoms with Gasteiger partial charge in [-0.25, -0.2) is 4.79 Å². The van der Waals surface area contributed by atoms with Crippen molar-refractivity contribution in [1.29, 1.82) is 0 Å².